The molecule has 1 heterocycles. The maximum atomic E-state index is 10.1. The standard InChI is InChI=1S/C7H12N2.FHO3S/c1-3-4-7-8-5-6-9(7)2;1-5(2,3)4/h5-6H,3-4H2,1-2H3;(H,2,3,4). The van der Waals surface area contributed by atoms with Crippen LogP contribution in [0.1, 0.15) is 19.2 Å². The number of hydrogen-bond acceptors (Lipinski definition) is 3. The first kappa shape index (κ1) is 13.1. The van der Waals surface area contributed by atoms with E-state index in [-0.39, 0.29) is 0 Å². The van der Waals surface area contributed by atoms with Crippen LogP contribution in [0.4, 0.5) is 3.89 Å². The van der Waals surface area contributed by atoms with Crippen molar-refractivity contribution in [1.82, 2.24) is 4.98 Å². The molecule has 0 fully saturated rings. The van der Waals surface area contributed by atoms with Crippen LogP contribution in [0.25, 0.3) is 0 Å². The van der Waals surface area contributed by atoms with Crippen LogP contribution < -0.4 is 4.57 Å². The molecule has 1 aromatic heterocycles. The highest BCUT2D eigenvalue weighted by Crippen LogP contribution is 1.89. The van der Waals surface area contributed by atoms with Gasteiger partial charge in [-0.15, -0.1) is 3.89 Å². The predicted molar refractivity (Wildman–Crippen MR) is 46.8 cm³/mol. The van der Waals surface area contributed by atoms with Gasteiger partial charge >= 0.3 is 0 Å². The summed E-state index contributed by atoms with van der Waals surface area (Å²) in [6.45, 7) is 2.18. The minimum atomic E-state index is -5.42. The Balaban J connectivity index is 0.000000292. The van der Waals surface area contributed by atoms with E-state index >= 15 is 0 Å². The Morgan fingerprint density at radius 1 is 1.64 bits per heavy atom. The summed E-state index contributed by atoms with van der Waals surface area (Å²) in [5.41, 5.74) is 0. The van der Waals surface area contributed by atoms with Gasteiger partial charge in [0.15, 0.2) is 0 Å². The average Bonchev–Trinajstić information content (AvgIpc) is 2.34. The fourth-order valence-electron chi connectivity index (χ4n) is 0.922. The number of H-pyrrole nitrogens is 1. The van der Waals surface area contributed by atoms with Crippen molar-refractivity contribution in [1.29, 1.82) is 0 Å². The molecule has 82 valence electrons. The molecule has 0 bridgehead atoms. The van der Waals surface area contributed by atoms with Gasteiger partial charge in [0.1, 0.15) is 12.4 Å². The smallest absolute Gasteiger partial charge is 0.255 e. The number of aromatic amines is 1. The molecule has 0 saturated heterocycles. The molecule has 0 unspecified atom stereocenters. The highest BCUT2D eigenvalue weighted by molar-refractivity contribution is 7.80. The summed E-state index contributed by atoms with van der Waals surface area (Å²) in [4.78, 5) is 3.17. The van der Waals surface area contributed by atoms with Gasteiger partial charge in [0.05, 0.1) is 7.05 Å². The minimum absolute atomic E-state index is 1.14. The van der Waals surface area contributed by atoms with Gasteiger partial charge in [-0.05, 0) is 6.42 Å². The normalized spacial score (nSPS) is 10.6. The highest BCUT2D eigenvalue weighted by atomic mass is 32.3. The van der Waals surface area contributed by atoms with Crippen molar-refractivity contribution in [3.05, 3.63) is 18.2 Å². The van der Waals surface area contributed by atoms with Crippen molar-refractivity contribution < 1.29 is 21.4 Å². The Morgan fingerprint density at radius 2 is 2.14 bits per heavy atom. The first-order valence-electron chi connectivity index (χ1n) is 4.02. The fourth-order valence-corrected chi connectivity index (χ4v) is 0.922. The fraction of sp³-hybridized carbons (Fsp3) is 0.571. The monoisotopic (exact) mass is 224 g/mol. The molecule has 1 rings (SSSR count). The van der Waals surface area contributed by atoms with Crippen molar-refractivity contribution >= 4 is 10.5 Å². The van der Waals surface area contributed by atoms with Crippen LogP contribution >= 0.6 is 0 Å². The number of rotatable bonds is 2. The summed E-state index contributed by atoms with van der Waals surface area (Å²) in [7, 11) is -3.36. The molecule has 7 heteroatoms. The molecule has 0 aliphatic carbocycles. The molecule has 0 spiro atoms. The lowest BCUT2D eigenvalue weighted by molar-refractivity contribution is -0.677. The number of hydrogen-bond donors (Lipinski definition) is 1. The van der Waals surface area contributed by atoms with E-state index in [9.17, 15) is 3.89 Å². The average molecular weight is 224 g/mol. The van der Waals surface area contributed by atoms with Crippen molar-refractivity contribution in [3.63, 3.8) is 0 Å². The van der Waals surface area contributed by atoms with E-state index in [2.05, 4.69) is 23.5 Å². The van der Waals surface area contributed by atoms with E-state index in [1.54, 1.807) is 0 Å². The van der Waals surface area contributed by atoms with Crippen LogP contribution in [0.3, 0.4) is 0 Å². The van der Waals surface area contributed by atoms with Gasteiger partial charge < -0.3 is 4.55 Å². The Hall–Kier alpha value is -0.950. The summed E-state index contributed by atoms with van der Waals surface area (Å²) < 4.78 is 37.4. The third-order valence-corrected chi connectivity index (χ3v) is 1.46. The molecule has 0 saturated carbocycles. The quantitative estimate of drug-likeness (QED) is 0.443. The van der Waals surface area contributed by atoms with E-state index in [0.29, 0.717) is 0 Å². The number of halogens is 1. The second-order valence-electron chi connectivity index (χ2n) is 2.66. The molecule has 1 N–H and O–H groups in total. The molecule has 0 aliphatic rings. The minimum Gasteiger partial charge on any atom is -0.722 e. The van der Waals surface area contributed by atoms with E-state index in [1.165, 1.54) is 12.2 Å². The zero-order chi connectivity index (χ0) is 11.2. The highest BCUT2D eigenvalue weighted by Gasteiger charge is 2.02. The molecule has 0 aliphatic heterocycles. The molecule has 14 heavy (non-hydrogen) atoms. The summed E-state index contributed by atoms with van der Waals surface area (Å²) in [6.07, 6.45) is 6.34. The van der Waals surface area contributed by atoms with Crippen LogP contribution in [0.2, 0.25) is 0 Å². The van der Waals surface area contributed by atoms with E-state index in [1.807, 2.05) is 12.4 Å². The summed E-state index contributed by atoms with van der Waals surface area (Å²) in [6, 6.07) is 0. The number of imidazole rings is 1. The van der Waals surface area contributed by atoms with Gasteiger partial charge in [-0.25, -0.2) is 18.0 Å². The zero-order valence-electron chi connectivity index (χ0n) is 8.03. The van der Waals surface area contributed by atoms with Crippen LogP contribution in [0.15, 0.2) is 12.4 Å². The van der Waals surface area contributed by atoms with Crippen molar-refractivity contribution in [3.8, 4) is 0 Å². The molecule has 0 radical (unpaired) electrons. The Labute approximate surface area is 82.6 Å². The van der Waals surface area contributed by atoms with Gasteiger partial charge in [0.2, 0.25) is 0 Å². The van der Waals surface area contributed by atoms with Gasteiger partial charge in [-0.1, -0.05) is 6.92 Å². The largest absolute Gasteiger partial charge is 0.722 e. The topological polar surface area (TPSA) is 76.9 Å². The second kappa shape index (κ2) is 5.71. The molecule has 5 nitrogen and oxygen atoms in total. The molecule has 0 atom stereocenters. The van der Waals surface area contributed by atoms with Crippen LogP contribution in [-0.2, 0) is 24.0 Å². The van der Waals surface area contributed by atoms with Crippen molar-refractivity contribution in [2.45, 2.75) is 19.8 Å². The van der Waals surface area contributed by atoms with E-state index in [4.69, 9.17) is 13.0 Å². The van der Waals surface area contributed by atoms with Gasteiger partial charge in [-0.2, -0.15) is 0 Å². The lowest BCUT2D eigenvalue weighted by Gasteiger charge is -1.87. The third-order valence-electron chi connectivity index (χ3n) is 1.46. The molecular weight excluding hydrogens is 211 g/mol. The first-order chi connectivity index (χ1) is 6.34. The second-order valence-corrected chi connectivity index (χ2v) is 3.45. The predicted octanol–water partition coefficient (Wildman–Crippen LogP) is 0.208. The van der Waals surface area contributed by atoms with Gasteiger partial charge in [-0.3, -0.25) is 0 Å². The molecule has 1 aromatic rings. The molecule has 0 aromatic carbocycles. The third kappa shape index (κ3) is 7.69. The van der Waals surface area contributed by atoms with Crippen LogP contribution in [-0.4, -0.2) is 18.0 Å². The summed E-state index contributed by atoms with van der Waals surface area (Å²) >= 11 is 0. The zero-order valence-corrected chi connectivity index (χ0v) is 8.84. The summed E-state index contributed by atoms with van der Waals surface area (Å²) in [5.74, 6) is 1.30. The SMILES string of the molecule is CCCc1[nH]cc[n+]1C.O=S(=O)([O-])F. The van der Waals surface area contributed by atoms with E-state index < -0.39 is 10.5 Å². The number of aromatic nitrogens is 2. The Bertz CT molecular complexity index is 353. The number of nitrogens with zero attached hydrogens (tertiary/aromatic N) is 1. The summed E-state index contributed by atoms with van der Waals surface area (Å²) in [5, 5.41) is 0. The Morgan fingerprint density at radius 3 is 2.43 bits per heavy atom. The van der Waals surface area contributed by atoms with Gasteiger partial charge in [0, 0.05) is 6.42 Å². The van der Waals surface area contributed by atoms with Gasteiger partial charge in [0.25, 0.3) is 16.3 Å². The number of aryl methyl sites for hydroxylation is 2. The maximum absolute atomic E-state index is 10.1. The first-order valence-corrected chi connectivity index (χ1v) is 5.32. The lowest BCUT2D eigenvalue weighted by atomic mass is 10.3. The number of nitrogens with one attached hydrogen (secondary N) is 1. The molecular formula is C7H13FN2O3S. The molecule has 0 amide bonds. The van der Waals surface area contributed by atoms with Crippen molar-refractivity contribution in [2.24, 2.45) is 7.05 Å². The Kier molecular flexibility index (Phi) is 5.32. The maximum Gasteiger partial charge on any atom is 0.255 e. The van der Waals surface area contributed by atoms with E-state index in [0.717, 1.165) is 6.42 Å². The van der Waals surface area contributed by atoms with Crippen molar-refractivity contribution in [2.75, 3.05) is 0 Å². The van der Waals surface area contributed by atoms with Crippen LogP contribution in [0.5, 0.6) is 0 Å². The lowest BCUT2D eigenvalue weighted by Crippen LogP contribution is -2.30. The van der Waals surface area contributed by atoms with Crippen LogP contribution in [0, 0.1) is 0 Å².